The van der Waals surface area contributed by atoms with E-state index < -0.39 is 23.2 Å². The number of amides is 2. The molecular formula is C30H28ClF3N2O5. The third-order valence-electron chi connectivity index (χ3n) is 7.94. The van der Waals surface area contributed by atoms with Gasteiger partial charge in [0.2, 0.25) is 11.7 Å². The minimum atomic E-state index is -4.48. The van der Waals surface area contributed by atoms with E-state index in [2.05, 4.69) is 0 Å². The molecule has 5 rings (SSSR count). The Labute approximate surface area is 240 Å². The average Bonchev–Trinajstić information content (AvgIpc) is 2.98. The second-order valence-electron chi connectivity index (χ2n) is 10.0. The number of ether oxygens (including phenoxy) is 3. The van der Waals surface area contributed by atoms with Gasteiger partial charge in [0, 0.05) is 29.4 Å². The van der Waals surface area contributed by atoms with Gasteiger partial charge in [-0.25, -0.2) is 0 Å². The average molecular weight is 589 g/mol. The molecule has 1 spiro atoms. The van der Waals surface area contributed by atoms with Crippen LogP contribution in [0, 0.1) is 5.41 Å². The fourth-order valence-corrected chi connectivity index (χ4v) is 5.95. The fraction of sp³-hybridized carbons (Fsp3) is 0.333. The van der Waals surface area contributed by atoms with Gasteiger partial charge in [-0.1, -0.05) is 23.7 Å². The maximum Gasteiger partial charge on any atom is 0.416 e. The van der Waals surface area contributed by atoms with Crippen molar-refractivity contribution in [1.29, 1.82) is 0 Å². The second kappa shape index (κ2) is 10.8. The largest absolute Gasteiger partial charge is 0.493 e. The van der Waals surface area contributed by atoms with Gasteiger partial charge in [-0.05, 0) is 66.9 Å². The number of carbonyl (C=O) groups excluding carboxylic acids is 2. The highest BCUT2D eigenvalue weighted by Gasteiger charge is 2.62. The van der Waals surface area contributed by atoms with E-state index in [4.69, 9.17) is 25.8 Å². The van der Waals surface area contributed by atoms with E-state index in [1.165, 1.54) is 33.5 Å². The Kier molecular flexibility index (Phi) is 7.54. The summed E-state index contributed by atoms with van der Waals surface area (Å²) in [5.74, 6) is 0.657. The quantitative estimate of drug-likeness (QED) is 0.312. The molecule has 2 fully saturated rings. The molecule has 0 N–H and O–H groups in total. The van der Waals surface area contributed by atoms with Gasteiger partial charge in [-0.3, -0.25) is 9.59 Å². The molecule has 3 aromatic carbocycles. The van der Waals surface area contributed by atoms with Crippen molar-refractivity contribution < 1.29 is 37.0 Å². The van der Waals surface area contributed by atoms with Crippen molar-refractivity contribution in [2.75, 3.05) is 39.3 Å². The number of nitrogens with zero attached hydrogens (tertiary/aromatic N) is 2. The number of anilines is 1. The highest BCUT2D eigenvalue weighted by Crippen LogP contribution is 2.57. The monoisotopic (exact) mass is 588 g/mol. The van der Waals surface area contributed by atoms with Crippen LogP contribution in [0.15, 0.2) is 60.7 Å². The Balaban J connectivity index is 1.42. The summed E-state index contributed by atoms with van der Waals surface area (Å²) in [4.78, 5) is 30.5. The molecule has 2 aliphatic heterocycles. The molecule has 0 aliphatic carbocycles. The summed E-state index contributed by atoms with van der Waals surface area (Å²) in [6.45, 7) is 0.623. The first-order valence-corrected chi connectivity index (χ1v) is 13.3. The van der Waals surface area contributed by atoms with Crippen molar-refractivity contribution in [2.45, 2.75) is 25.1 Å². The van der Waals surface area contributed by atoms with Gasteiger partial charge >= 0.3 is 6.18 Å². The van der Waals surface area contributed by atoms with Crippen LogP contribution >= 0.6 is 11.6 Å². The maximum atomic E-state index is 13.8. The molecule has 2 saturated heterocycles. The molecule has 2 amide bonds. The molecule has 216 valence electrons. The molecule has 2 aliphatic rings. The predicted molar refractivity (Wildman–Crippen MR) is 147 cm³/mol. The van der Waals surface area contributed by atoms with Gasteiger partial charge in [-0.15, -0.1) is 0 Å². The Morgan fingerprint density at radius 2 is 1.46 bits per heavy atom. The Morgan fingerprint density at radius 1 is 0.902 bits per heavy atom. The van der Waals surface area contributed by atoms with Crippen LogP contribution in [-0.4, -0.2) is 51.1 Å². The molecule has 1 unspecified atom stereocenters. The smallest absolute Gasteiger partial charge is 0.416 e. The number of benzene rings is 3. The number of likely N-dealkylation sites (tertiary alicyclic amines) is 1. The highest BCUT2D eigenvalue weighted by atomic mass is 35.5. The third kappa shape index (κ3) is 4.94. The molecule has 41 heavy (non-hydrogen) atoms. The molecule has 0 aromatic heterocycles. The first-order valence-electron chi connectivity index (χ1n) is 12.9. The summed E-state index contributed by atoms with van der Waals surface area (Å²) in [5, 5.41) is 0.528. The minimum Gasteiger partial charge on any atom is -0.493 e. The van der Waals surface area contributed by atoms with E-state index in [-0.39, 0.29) is 11.8 Å². The van der Waals surface area contributed by atoms with E-state index in [0.717, 1.165) is 17.7 Å². The summed E-state index contributed by atoms with van der Waals surface area (Å²) >= 11 is 6.11. The van der Waals surface area contributed by atoms with Crippen LogP contribution in [-0.2, 0) is 11.0 Å². The van der Waals surface area contributed by atoms with Crippen molar-refractivity contribution in [3.05, 3.63) is 82.4 Å². The number of piperidine rings is 1. The fourth-order valence-electron chi connectivity index (χ4n) is 5.83. The van der Waals surface area contributed by atoms with Crippen LogP contribution in [0.4, 0.5) is 18.9 Å². The number of hydrogen-bond acceptors (Lipinski definition) is 5. The van der Waals surface area contributed by atoms with Crippen LogP contribution in [0.2, 0.25) is 5.02 Å². The number of carbonyl (C=O) groups is 2. The lowest BCUT2D eigenvalue weighted by Gasteiger charge is -2.59. The molecule has 0 saturated carbocycles. The lowest BCUT2D eigenvalue weighted by Crippen LogP contribution is -2.67. The number of β-lactam (4-membered cyclic amide) rings is 1. The van der Waals surface area contributed by atoms with Gasteiger partial charge in [0.05, 0.1) is 38.3 Å². The summed E-state index contributed by atoms with van der Waals surface area (Å²) in [7, 11) is 4.42. The first kappa shape index (κ1) is 28.6. The number of halogens is 4. The van der Waals surface area contributed by atoms with E-state index in [1.54, 1.807) is 34.1 Å². The number of alkyl halides is 3. The van der Waals surface area contributed by atoms with Crippen molar-refractivity contribution >= 4 is 29.1 Å². The van der Waals surface area contributed by atoms with Gasteiger partial charge in [0.25, 0.3) is 5.91 Å². The lowest BCUT2D eigenvalue weighted by atomic mass is 9.62. The molecule has 11 heteroatoms. The molecule has 1 atom stereocenters. The van der Waals surface area contributed by atoms with Gasteiger partial charge < -0.3 is 24.0 Å². The number of rotatable bonds is 6. The lowest BCUT2D eigenvalue weighted by molar-refractivity contribution is -0.144. The van der Waals surface area contributed by atoms with Crippen molar-refractivity contribution in [3.8, 4) is 17.2 Å². The Hall–Kier alpha value is -3.92. The van der Waals surface area contributed by atoms with E-state index in [0.29, 0.717) is 59.5 Å². The molecule has 0 radical (unpaired) electrons. The number of hydrogen-bond donors (Lipinski definition) is 0. The standard InChI is InChI=1S/C30H28ClF3N2O5/c1-39-23-16-19(17-24(40-2)25(23)41-3)27(37)35-14-12-29(13-15-35)26(18-4-8-21(31)9-5-18)36(28(29)38)22-10-6-20(7-11-22)30(32,33)34/h4-11,16-17,26H,12-15H2,1-3H3. The second-order valence-corrected chi connectivity index (χ2v) is 10.5. The van der Waals surface area contributed by atoms with Crippen molar-refractivity contribution in [3.63, 3.8) is 0 Å². The predicted octanol–water partition coefficient (Wildman–Crippen LogP) is 6.40. The SMILES string of the molecule is COc1cc(C(=O)N2CCC3(CC2)C(=O)N(c2ccc(C(F)(F)F)cc2)C3c2ccc(Cl)cc2)cc(OC)c1OC. The van der Waals surface area contributed by atoms with Crippen LogP contribution in [0.3, 0.4) is 0 Å². The van der Waals surface area contributed by atoms with Gasteiger partial charge in [0.1, 0.15) is 0 Å². The van der Waals surface area contributed by atoms with Gasteiger partial charge in [0.15, 0.2) is 11.5 Å². The minimum absolute atomic E-state index is 0.183. The summed E-state index contributed by atoms with van der Waals surface area (Å²) < 4.78 is 55.6. The normalized spacial score (nSPS) is 18.2. The third-order valence-corrected chi connectivity index (χ3v) is 8.19. The molecule has 3 aromatic rings. The molecule has 0 bridgehead atoms. The maximum absolute atomic E-state index is 13.8. The first-order chi connectivity index (χ1) is 19.5. The van der Waals surface area contributed by atoms with Crippen LogP contribution in [0.1, 0.15) is 40.4 Å². The van der Waals surface area contributed by atoms with Crippen LogP contribution < -0.4 is 19.1 Å². The zero-order valence-electron chi connectivity index (χ0n) is 22.6. The highest BCUT2D eigenvalue weighted by molar-refractivity contribution is 6.30. The van der Waals surface area contributed by atoms with Crippen molar-refractivity contribution in [1.82, 2.24) is 4.90 Å². The molecule has 2 heterocycles. The summed E-state index contributed by atoms with van der Waals surface area (Å²) in [5.41, 5.74) is -0.0489. The summed E-state index contributed by atoms with van der Waals surface area (Å²) in [6, 6.07) is 14.4. The van der Waals surface area contributed by atoms with Gasteiger partial charge in [-0.2, -0.15) is 13.2 Å². The van der Waals surface area contributed by atoms with Crippen LogP contribution in [0.25, 0.3) is 0 Å². The van der Waals surface area contributed by atoms with E-state index in [1.807, 2.05) is 12.1 Å². The Morgan fingerprint density at radius 3 is 1.95 bits per heavy atom. The molecule has 7 nitrogen and oxygen atoms in total. The van der Waals surface area contributed by atoms with E-state index in [9.17, 15) is 22.8 Å². The topological polar surface area (TPSA) is 68.3 Å². The van der Waals surface area contributed by atoms with Crippen LogP contribution in [0.5, 0.6) is 17.2 Å². The Bertz CT molecular complexity index is 1430. The number of methoxy groups -OCH3 is 3. The summed E-state index contributed by atoms with van der Waals surface area (Å²) in [6.07, 6.45) is -3.72. The van der Waals surface area contributed by atoms with E-state index >= 15 is 0 Å². The molecular weight excluding hydrogens is 561 g/mol. The van der Waals surface area contributed by atoms with Crippen molar-refractivity contribution in [2.24, 2.45) is 5.41 Å². The zero-order chi connectivity index (χ0) is 29.5. The zero-order valence-corrected chi connectivity index (χ0v) is 23.4.